The van der Waals surface area contributed by atoms with E-state index in [1.165, 1.54) is 12.8 Å². The van der Waals surface area contributed by atoms with Gasteiger partial charge in [0.1, 0.15) is 6.61 Å². The summed E-state index contributed by atoms with van der Waals surface area (Å²) in [6.07, 6.45) is 2.43. The van der Waals surface area contributed by atoms with E-state index in [1.54, 1.807) is 0 Å². The van der Waals surface area contributed by atoms with E-state index in [-0.39, 0.29) is 6.61 Å². The number of piperidine rings is 1. The summed E-state index contributed by atoms with van der Waals surface area (Å²) >= 11 is 0. The number of hydrogen-bond donors (Lipinski definition) is 3. The minimum Gasteiger partial charge on any atom is -0.370 e. The molecule has 1 heterocycles. The maximum absolute atomic E-state index is 10.3. The molecular formula is C9H19N3O2. The van der Waals surface area contributed by atoms with Crippen molar-refractivity contribution in [3.05, 3.63) is 0 Å². The molecule has 0 aromatic heterocycles. The SMILES string of the molecule is NC(=O)COCCNC1CCCNC1. The van der Waals surface area contributed by atoms with Crippen LogP contribution in [0.3, 0.4) is 0 Å². The minimum absolute atomic E-state index is 0.0184. The first-order valence-electron chi connectivity index (χ1n) is 5.09. The summed E-state index contributed by atoms with van der Waals surface area (Å²) in [6, 6.07) is 0.543. The van der Waals surface area contributed by atoms with Crippen molar-refractivity contribution in [1.29, 1.82) is 0 Å². The Kier molecular flexibility index (Phi) is 5.51. The third-order valence-corrected chi connectivity index (χ3v) is 2.22. The van der Waals surface area contributed by atoms with Crippen LogP contribution in [0, 0.1) is 0 Å². The fourth-order valence-electron chi connectivity index (χ4n) is 1.53. The fraction of sp³-hybridized carbons (Fsp3) is 0.889. The molecule has 4 N–H and O–H groups in total. The number of ether oxygens (including phenoxy) is 1. The van der Waals surface area contributed by atoms with Crippen molar-refractivity contribution in [3.63, 3.8) is 0 Å². The monoisotopic (exact) mass is 201 g/mol. The molecule has 5 heteroatoms. The number of primary amides is 1. The first kappa shape index (κ1) is 11.4. The highest BCUT2D eigenvalue weighted by molar-refractivity contribution is 5.74. The maximum Gasteiger partial charge on any atom is 0.243 e. The van der Waals surface area contributed by atoms with Crippen LogP contribution in [0.25, 0.3) is 0 Å². The number of rotatable bonds is 6. The normalized spacial score (nSPS) is 22.1. The van der Waals surface area contributed by atoms with E-state index in [0.717, 1.165) is 19.6 Å². The van der Waals surface area contributed by atoms with Gasteiger partial charge in [-0.05, 0) is 19.4 Å². The molecule has 0 aliphatic carbocycles. The van der Waals surface area contributed by atoms with Gasteiger partial charge in [0, 0.05) is 19.1 Å². The third-order valence-electron chi connectivity index (χ3n) is 2.22. The lowest BCUT2D eigenvalue weighted by Crippen LogP contribution is -2.44. The summed E-state index contributed by atoms with van der Waals surface area (Å²) in [7, 11) is 0. The fourth-order valence-corrected chi connectivity index (χ4v) is 1.53. The Labute approximate surface area is 84.4 Å². The van der Waals surface area contributed by atoms with Gasteiger partial charge in [0.2, 0.25) is 5.91 Å². The Morgan fingerprint density at radius 1 is 1.64 bits per heavy atom. The molecule has 0 aromatic carbocycles. The Bertz CT molecular complexity index is 169. The molecule has 1 rings (SSSR count). The molecule has 1 aliphatic heterocycles. The summed E-state index contributed by atoms with van der Waals surface area (Å²) in [6.45, 7) is 3.48. The van der Waals surface area contributed by atoms with Gasteiger partial charge >= 0.3 is 0 Å². The van der Waals surface area contributed by atoms with Crippen LogP contribution in [0.4, 0.5) is 0 Å². The Hall–Kier alpha value is -0.650. The van der Waals surface area contributed by atoms with Gasteiger partial charge in [0.05, 0.1) is 6.61 Å². The highest BCUT2D eigenvalue weighted by Gasteiger charge is 2.10. The van der Waals surface area contributed by atoms with E-state index >= 15 is 0 Å². The molecular weight excluding hydrogens is 182 g/mol. The molecule has 1 fully saturated rings. The average molecular weight is 201 g/mol. The highest BCUT2D eigenvalue weighted by atomic mass is 16.5. The summed E-state index contributed by atoms with van der Waals surface area (Å²) in [5, 5.41) is 6.67. The zero-order chi connectivity index (χ0) is 10.2. The molecule has 1 aliphatic rings. The molecule has 0 radical (unpaired) electrons. The van der Waals surface area contributed by atoms with E-state index in [9.17, 15) is 4.79 Å². The summed E-state index contributed by atoms with van der Waals surface area (Å²) in [5.41, 5.74) is 4.92. The summed E-state index contributed by atoms with van der Waals surface area (Å²) < 4.78 is 5.03. The van der Waals surface area contributed by atoms with Crippen molar-refractivity contribution in [3.8, 4) is 0 Å². The second-order valence-electron chi connectivity index (χ2n) is 3.52. The van der Waals surface area contributed by atoms with Crippen molar-refractivity contribution in [2.75, 3.05) is 32.8 Å². The summed E-state index contributed by atoms with van der Waals surface area (Å²) in [5.74, 6) is -0.413. The number of amides is 1. The van der Waals surface area contributed by atoms with Gasteiger partial charge in [-0.1, -0.05) is 0 Å². The van der Waals surface area contributed by atoms with E-state index in [4.69, 9.17) is 10.5 Å². The topological polar surface area (TPSA) is 76.4 Å². The lowest BCUT2D eigenvalue weighted by atomic mass is 10.1. The first-order chi connectivity index (χ1) is 6.79. The molecule has 0 saturated carbocycles. The number of carbonyl (C=O) groups is 1. The quantitative estimate of drug-likeness (QED) is 0.473. The predicted molar refractivity (Wildman–Crippen MR) is 53.9 cm³/mol. The second-order valence-corrected chi connectivity index (χ2v) is 3.52. The molecule has 82 valence electrons. The number of nitrogens with two attached hydrogens (primary N) is 1. The van der Waals surface area contributed by atoms with E-state index in [1.807, 2.05) is 0 Å². The Morgan fingerprint density at radius 2 is 2.50 bits per heavy atom. The van der Waals surface area contributed by atoms with Gasteiger partial charge in [-0.3, -0.25) is 4.79 Å². The van der Waals surface area contributed by atoms with Crippen LogP contribution in [0.5, 0.6) is 0 Å². The molecule has 1 saturated heterocycles. The summed E-state index contributed by atoms with van der Waals surface area (Å²) in [4.78, 5) is 10.3. The van der Waals surface area contributed by atoms with Crippen LogP contribution in [-0.2, 0) is 9.53 Å². The van der Waals surface area contributed by atoms with E-state index < -0.39 is 5.91 Å². The zero-order valence-corrected chi connectivity index (χ0v) is 8.42. The average Bonchev–Trinajstić information content (AvgIpc) is 2.18. The highest BCUT2D eigenvalue weighted by Crippen LogP contribution is 2.00. The van der Waals surface area contributed by atoms with Crippen LogP contribution >= 0.6 is 0 Å². The predicted octanol–water partition coefficient (Wildman–Crippen LogP) is -1.17. The van der Waals surface area contributed by atoms with Gasteiger partial charge in [0.25, 0.3) is 0 Å². The first-order valence-corrected chi connectivity index (χ1v) is 5.09. The molecule has 14 heavy (non-hydrogen) atoms. The van der Waals surface area contributed by atoms with Crippen LogP contribution in [0.15, 0.2) is 0 Å². The Balaban J connectivity index is 1.90. The van der Waals surface area contributed by atoms with Gasteiger partial charge in [-0.15, -0.1) is 0 Å². The molecule has 0 spiro atoms. The van der Waals surface area contributed by atoms with Crippen LogP contribution in [0.2, 0.25) is 0 Å². The van der Waals surface area contributed by atoms with Crippen LogP contribution in [-0.4, -0.2) is 44.8 Å². The van der Waals surface area contributed by atoms with E-state index in [0.29, 0.717) is 12.6 Å². The van der Waals surface area contributed by atoms with Gasteiger partial charge < -0.3 is 21.1 Å². The number of hydrogen-bond acceptors (Lipinski definition) is 4. The third kappa shape index (κ3) is 5.16. The van der Waals surface area contributed by atoms with Gasteiger partial charge in [-0.25, -0.2) is 0 Å². The lowest BCUT2D eigenvalue weighted by molar-refractivity contribution is -0.122. The van der Waals surface area contributed by atoms with Crippen LogP contribution in [0.1, 0.15) is 12.8 Å². The van der Waals surface area contributed by atoms with E-state index in [2.05, 4.69) is 10.6 Å². The molecule has 0 aromatic rings. The van der Waals surface area contributed by atoms with Crippen molar-refractivity contribution >= 4 is 5.91 Å². The largest absolute Gasteiger partial charge is 0.370 e. The molecule has 1 atom stereocenters. The maximum atomic E-state index is 10.3. The number of carbonyl (C=O) groups excluding carboxylic acids is 1. The van der Waals surface area contributed by atoms with Gasteiger partial charge in [0.15, 0.2) is 0 Å². The van der Waals surface area contributed by atoms with Crippen molar-refractivity contribution in [2.45, 2.75) is 18.9 Å². The number of nitrogens with one attached hydrogen (secondary N) is 2. The second kappa shape index (κ2) is 6.75. The smallest absolute Gasteiger partial charge is 0.243 e. The van der Waals surface area contributed by atoms with Crippen molar-refractivity contribution in [2.24, 2.45) is 5.73 Å². The lowest BCUT2D eigenvalue weighted by Gasteiger charge is -2.23. The van der Waals surface area contributed by atoms with Crippen molar-refractivity contribution in [1.82, 2.24) is 10.6 Å². The van der Waals surface area contributed by atoms with Gasteiger partial charge in [-0.2, -0.15) is 0 Å². The molecule has 1 unspecified atom stereocenters. The minimum atomic E-state index is -0.413. The zero-order valence-electron chi connectivity index (χ0n) is 8.42. The van der Waals surface area contributed by atoms with Crippen LogP contribution < -0.4 is 16.4 Å². The molecule has 0 bridgehead atoms. The Morgan fingerprint density at radius 3 is 3.14 bits per heavy atom. The van der Waals surface area contributed by atoms with Crippen molar-refractivity contribution < 1.29 is 9.53 Å². The molecule has 1 amide bonds. The standard InChI is InChI=1S/C9H19N3O2/c10-9(13)7-14-5-4-12-8-2-1-3-11-6-8/h8,11-12H,1-7H2,(H2,10,13). The molecule has 5 nitrogen and oxygen atoms in total.